The van der Waals surface area contributed by atoms with E-state index >= 15 is 0 Å². The van der Waals surface area contributed by atoms with E-state index in [1.807, 2.05) is 13.0 Å². The van der Waals surface area contributed by atoms with E-state index in [0.29, 0.717) is 30.2 Å². The van der Waals surface area contributed by atoms with E-state index in [2.05, 4.69) is 34.0 Å². The number of hydrogen-bond acceptors (Lipinski definition) is 4. The van der Waals surface area contributed by atoms with Crippen LogP contribution in [0.3, 0.4) is 0 Å². The summed E-state index contributed by atoms with van der Waals surface area (Å²) in [6, 6.07) is 6.18. The van der Waals surface area contributed by atoms with Crippen molar-refractivity contribution in [1.29, 1.82) is 0 Å². The number of carbonyl (C=O) groups is 1. The highest BCUT2D eigenvalue weighted by molar-refractivity contribution is 6.06. The summed E-state index contributed by atoms with van der Waals surface area (Å²) in [6.45, 7) is 5.10. The lowest BCUT2D eigenvalue weighted by Crippen LogP contribution is -2.21. The van der Waals surface area contributed by atoms with Gasteiger partial charge < -0.3 is 15.6 Å². The van der Waals surface area contributed by atoms with E-state index in [1.54, 1.807) is 4.90 Å². The minimum Gasteiger partial charge on any atom is -0.382 e. The largest absolute Gasteiger partial charge is 0.382 e. The number of anilines is 1. The Hall–Kier alpha value is -2.63. The van der Waals surface area contributed by atoms with Gasteiger partial charge in [-0.2, -0.15) is 0 Å². The van der Waals surface area contributed by atoms with E-state index in [-0.39, 0.29) is 0 Å². The third-order valence-corrected chi connectivity index (χ3v) is 3.88. The average Bonchev–Trinajstić information content (AvgIpc) is 2.96. The topological polar surface area (TPSA) is 87.9 Å². The van der Waals surface area contributed by atoms with Gasteiger partial charge in [-0.3, -0.25) is 4.79 Å². The van der Waals surface area contributed by atoms with E-state index in [4.69, 9.17) is 5.73 Å². The lowest BCUT2D eigenvalue weighted by molar-refractivity contribution is -0.118. The molecule has 0 aliphatic heterocycles. The number of aromatic nitrogens is 3. The molecule has 6 heteroatoms. The molecule has 0 atom stereocenters. The van der Waals surface area contributed by atoms with Crippen molar-refractivity contribution < 1.29 is 4.79 Å². The zero-order chi connectivity index (χ0) is 15.7. The van der Waals surface area contributed by atoms with Gasteiger partial charge in [0.25, 0.3) is 0 Å². The number of amides is 1. The molecule has 0 aliphatic carbocycles. The van der Waals surface area contributed by atoms with Gasteiger partial charge in [-0.1, -0.05) is 19.1 Å². The summed E-state index contributed by atoms with van der Waals surface area (Å²) in [5.74, 6) is 1.12. The molecule has 114 valence electrons. The summed E-state index contributed by atoms with van der Waals surface area (Å²) >= 11 is 0. The molecule has 2 heterocycles. The standard InChI is InChI=1S/C16H19N5O/c1-3-10-5-6-11-12(7-10)18-16(17)15-14(11)19-13(20-15)8-21(4-2)9-22/h5-7,9H,3-4,8H2,1-2H3,(H2,17,18)(H,19,20). The maximum absolute atomic E-state index is 11.0. The Morgan fingerprint density at radius 2 is 2.14 bits per heavy atom. The van der Waals surface area contributed by atoms with Crippen molar-refractivity contribution in [2.45, 2.75) is 26.8 Å². The number of nitrogens with one attached hydrogen (secondary N) is 1. The molecule has 6 nitrogen and oxygen atoms in total. The first-order chi connectivity index (χ1) is 10.7. The van der Waals surface area contributed by atoms with Gasteiger partial charge in [0.15, 0.2) is 5.82 Å². The van der Waals surface area contributed by atoms with Crippen LogP contribution < -0.4 is 5.73 Å². The van der Waals surface area contributed by atoms with E-state index in [1.165, 1.54) is 5.56 Å². The number of carbonyl (C=O) groups excluding carboxylic acids is 1. The molecule has 3 N–H and O–H groups in total. The average molecular weight is 297 g/mol. The van der Waals surface area contributed by atoms with Gasteiger partial charge in [0, 0.05) is 11.9 Å². The molecule has 0 saturated heterocycles. The molecular weight excluding hydrogens is 278 g/mol. The molecule has 0 radical (unpaired) electrons. The van der Waals surface area contributed by atoms with Crippen molar-refractivity contribution in [3.63, 3.8) is 0 Å². The van der Waals surface area contributed by atoms with Crippen LogP contribution in [0.2, 0.25) is 0 Å². The Kier molecular flexibility index (Phi) is 3.66. The molecule has 0 saturated carbocycles. The molecule has 3 rings (SSSR count). The Morgan fingerprint density at radius 1 is 1.32 bits per heavy atom. The molecule has 2 aromatic heterocycles. The van der Waals surface area contributed by atoms with E-state index in [0.717, 1.165) is 29.3 Å². The fourth-order valence-corrected chi connectivity index (χ4v) is 2.58. The maximum Gasteiger partial charge on any atom is 0.210 e. The Bertz CT molecular complexity index is 839. The van der Waals surface area contributed by atoms with Crippen LogP contribution in [0.15, 0.2) is 18.2 Å². The molecule has 0 unspecified atom stereocenters. The second-order valence-electron chi connectivity index (χ2n) is 5.28. The third-order valence-electron chi connectivity index (χ3n) is 3.88. The number of benzene rings is 1. The van der Waals surface area contributed by atoms with Crippen molar-refractivity contribution in [3.8, 4) is 0 Å². The maximum atomic E-state index is 11.0. The number of nitrogen functional groups attached to an aromatic ring is 1. The van der Waals surface area contributed by atoms with Crippen molar-refractivity contribution in [2.24, 2.45) is 0 Å². The van der Waals surface area contributed by atoms with Crippen LogP contribution >= 0.6 is 0 Å². The molecule has 0 bridgehead atoms. The van der Waals surface area contributed by atoms with Crippen molar-refractivity contribution in [3.05, 3.63) is 29.6 Å². The predicted octanol–water partition coefficient (Wildman–Crippen LogP) is 2.23. The number of nitrogens with zero attached hydrogens (tertiary/aromatic N) is 3. The van der Waals surface area contributed by atoms with Gasteiger partial charge in [0.2, 0.25) is 6.41 Å². The summed E-state index contributed by atoms with van der Waals surface area (Å²) in [7, 11) is 0. The van der Waals surface area contributed by atoms with Crippen LogP contribution in [0.4, 0.5) is 5.82 Å². The number of aryl methyl sites for hydroxylation is 1. The number of imidazole rings is 1. The number of H-pyrrole nitrogens is 1. The van der Waals surface area contributed by atoms with Crippen LogP contribution in [-0.4, -0.2) is 32.8 Å². The Morgan fingerprint density at radius 3 is 2.82 bits per heavy atom. The first-order valence-corrected chi connectivity index (χ1v) is 7.42. The highest BCUT2D eigenvalue weighted by Gasteiger charge is 2.13. The second kappa shape index (κ2) is 5.63. The summed E-state index contributed by atoms with van der Waals surface area (Å²) in [5, 5.41) is 0.995. The predicted molar refractivity (Wildman–Crippen MR) is 87.3 cm³/mol. The zero-order valence-electron chi connectivity index (χ0n) is 12.8. The first kappa shape index (κ1) is 14.3. The number of hydrogen-bond donors (Lipinski definition) is 2. The monoisotopic (exact) mass is 297 g/mol. The van der Waals surface area contributed by atoms with E-state index < -0.39 is 0 Å². The van der Waals surface area contributed by atoms with E-state index in [9.17, 15) is 4.79 Å². The molecule has 3 aromatic rings. The number of nitrogens with two attached hydrogens (primary N) is 1. The molecule has 0 spiro atoms. The first-order valence-electron chi connectivity index (χ1n) is 7.42. The quantitative estimate of drug-likeness (QED) is 0.707. The van der Waals surface area contributed by atoms with Crippen molar-refractivity contribution in [2.75, 3.05) is 12.3 Å². The van der Waals surface area contributed by atoms with Gasteiger partial charge in [0.1, 0.15) is 11.3 Å². The smallest absolute Gasteiger partial charge is 0.210 e. The fraction of sp³-hybridized carbons (Fsp3) is 0.312. The summed E-state index contributed by atoms with van der Waals surface area (Å²) in [4.78, 5) is 24.8. The number of rotatable bonds is 5. The van der Waals surface area contributed by atoms with Crippen LogP contribution in [0.5, 0.6) is 0 Å². The lowest BCUT2D eigenvalue weighted by atomic mass is 10.1. The van der Waals surface area contributed by atoms with Gasteiger partial charge in [-0.25, -0.2) is 9.97 Å². The Balaban J connectivity index is 2.15. The van der Waals surface area contributed by atoms with Crippen LogP contribution in [0, 0.1) is 0 Å². The fourth-order valence-electron chi connectivity index (χ4n) is 2.58. The highest BCUT2D eigenvalue weighted by atomic mass is 16.1. The number of pyridine rings is 1. The molecule has 0 aliphatic rings. The lowest BCUT2D eigenvalue weighted by Gasteiger charge is -2.11. The third kappa shape index (κ3) is 2.36. The molecule has 1 amide bonds. The number of fused-ring (bicyclic) bond motifs is 3. The minimum absolute atomic E-state index is 0.410. The molecule has 0 fully saturated rings. The molecule has 1 aromatic carbocycles. The SMILES string of the molecule is CCc1ccc2c(c1)nc(N)c1nc(CN(C=O)CC)[nH]c12. The summed E-state index contributed by atoms with van der Waals surface area (Å²) in [6.07, 6.45) is 1.77. The summed E-state index contributed by atoms with van der Waals surface area (Å²) < 4.78 is 0. The van der Waals surface area contributed by atoms with Crippen LogP contribution in [0.25, 0.3) is 21.9 Å². The molecule has 22 heavy (non-hydrogen) atoms. The van der Waals surface area contributed by atoms with Crippen molar-refractivity contribution >= 4 is 34.2 Å². The van der Waals surface area contributed by atoms with Gasteiger partial charge in [-0.15, -0.1) is 0 Å². The zero-order valence-corrected chi connectivity index (χ0v) is 12.8. The normalized spacial score (nSPS) is 11.2. The van der Waals surface area contributed by atoms with Gasteiger partial charge in [0.05, 0.1) is 17.6 Å². The summed E-state index contributed by atoms with van der Waals surface area (Å²) in [5.41, 5.74) is 9.67. The highest BCUT2D eigenvalue weighted by Crippen LogP contribution is 2.27. The minimum atomic E-state index is 0.410. The van der Waals surface area contributed by atoms with Gasteiger partial charge >= 0.3 is 0 Å². The van der Waals surface area contributed by atoms with Crippen molar-refractivity contribution in [1.82, 2.24) is 19.9 Å². The molecular formula is C16H19N5O. The Labute approximate surface area is 128 Å². The van der Waals surface area contributed by atoms with Gasteiger partial charge in [-0.05, 0) is 25.0 Å². The second-order valence-corrected chi connectivity index (χ2v) is 5.28. The number of aromatic amines is 1. The van der Waals surface area contributed by atoms with Crippen LogP contribution in [0.1, 0.15) is 25.2 Å². The van der Waals surface area contributed by atoms with Crippen LogP contribution in [-0.2, 0) is 17.8 Å².